The molecule has 0 aromatic carbocycles. The second-order valence-corrected chi connectivity index (χ2v) is 3.27. The van der Waals surface area contributed by atoms with Crippen molar-refractivity contribution in [3.63, 3.8) is 0 Å². The zero-order valence-corrected chi connectivity index (χ0v) is 9.00. The number of allylic oxidation sites excluding steroid dienone is 1. The lowest BCUT2D eigenvalue weighted by atomic mass is 10.2. The molecule has 0 spiro atoms. The Morgan fingerprint density at radius 1 is 1.67 bits per heavy atom. The summed E-state index contributed by atoms with van der Waals surface area (Å²) in [5, 5.41) is 8.45. The molecule has 0 aliphatic heterocycles. The fraction of sp³-hybridized carbons (Fsp3) is 0.222. The zero-order valence-electron chi connectivity index (χ0n) is 7.41. The van der Waals surface area contributed by atoms with Crippen molar-refractivity contribution < 1.29 is 23.1 Å². The molecule has 0 aliphatic rings. The molecular weight excluding hydrogens is 274 g/mol. The first-order valence-corrected chi connectivity index (χ1v) is 5.02. The van der Waals surface area contributed by atoms with Gasteiger partial charge in [-0.05, 0) is 12.1 Å². The third-order valence-electron chi connectivity index (χ3n) is 1.57. The van der Waals surface area contributed by atoms with Gasteiger partial charge in [0.05, 0.1) is 11.6 Å². The van der Waals surface area contributed by atoms with Gasteiger partial charge in [-0.15, -0.1) is 0 Å². The predicted octanol–water partition coefficient (Wildman–Crippen LogP) is 2.78. The Morgan fingerprint density at radius 3 is 2.80 bits per heavy atom. The molecule has 1 rings (SSSR count). The highest BCUT2D eigenvalue weighted by Crippen LogP contribution is 2.20. The van der Waals surface area contributed by atoms with Crippen LogP contribution in [0, 0.1) is 0 Å². The van der Waals surface area contributed by atoms with Gasteiger partial charge in [-0.3, -0.25) is 4.79 Å². The summed E-state index contributed by atoms with van der Waals surface area (Å²) >= 11 is 2.51. The van der Waals surface area contributed by atoms with Gasteiger partial charge in [0, 0.05) is 6.08 Å². The minimum absolute atomic E-state index is 0.0336. The highest BCUT2D eigenvalue weighted by molar-refractivity contribution is 9.09. The van der Waals surface area contributed by atoms with E-state index in [1.165, 1.54) is 18.4 Å². The van der Waals surface area contributed by atoms with E-state index in [9.17, 15) is 18.7 Å². The molecule has 15 heavy (non-hydrogen) atoms. The number of carbonyl (C=O) groups excluding carboxylic acids is 1. The van der Waals surface area contributed by atoms with Crippen LogP contribution in [0.4, 0.5) is 8.78 Å². The van der Waals surface area contributed by atoms with Gasteiger partial charge < -0.3 is 9.52 Å². The van der Waals surface area contributed by atoms with Gasteiger partial charge in [0.2, 0.25) is 5.78 Å². The highest BCUT2D eigenvalue weighted by Gasteiger charge is 2.36. The van der Waals surface area contributed by atoms with Gasteiger partial charge in [-0.25, -0.2) is 0 Å². The molecule has 0 fully saturated rings. The van der Waals surface area contributed by atoms with Gasteiger partial charge in [0.25, 0.3) is 0 Å². The van der Waals surface area contributed by atoms with Gasteiger partial charge in [-0.1, -0.05) is 15.9 Å². The lowest BCUT2D eigenvalue weighted by Crippen LogP contribution is -2.28. The standard InChI is InChI=1S/C9H7BrF2O3/c10-5-9(11,12)8(14)4-6(13)7-2-1-3-15-7/h1-4,13H,5H2/b6-4-. The molecule has 6 heteroatoms. The van der Waals surface area contributed by atoms with Crippen molar-refractivity contribution >= 4 is 27.5 Å². The maximum Gasteiger partial charge on any atom is 0.318 e. The van der Waals surface area contributed by atoms with E-state index in [-0.39, 0.29) is 5.76 Å². The summed E-state index contributed by atoms with van der Waals surface area (Å²) in [5.74, 6) is -5.66. The van der Waals surface area contributed by atoms with E-state index in [0.29, 0.717) is 6.08 Å². The van der Waals surface area contributed by atoms with Crippen LogP contribution in [0.3, 0.4) is 0 Å². The average molecular weight is 281 g/mol. The Bertz CT molecular complexity index is 371. The van der Waals surface area contributed by atoms with Gasteiger partial charge in [-0.2, -0.15) is 8.78 Å². The summed E-state index contributed by atoms with van der Waals surface area (Å²) in [7, 11) is 0. The molecule has 0 aliphatic carbocycles. The van der Waals surface area contributed by atoms with Crippen LogP contribution >= 0.6 is 15.9 Å². The van der Waals surface area contributed by atoms with E-state index in [1.54, 1.807) is 0 Å². The van der Waals surface area contributed by atoms with Crippen LogP contribution in [0.5, 0.6) is 0 Å². The fourth-order valence-corrected chi connectivity index (χ4v) is 1.07. The van der Waals surface area contributed by atoms with E-state index in [0.717, 1.165) is 0 Å². The lowest BCUT2D eigenvalue weighted by molar-refractivity contribution is -0.134. The van der Waals surface area contributed by atoms with Crippen molar-refractivity contribution in [1.82, 2.24) is 0 Å². The number of aliphatic hydroxyl groups excluding tert-OH is 1. The van der Waals surface area contributed by atoms with E-state index in [4.69, 9.17) is 4.42 Å². The molecule has 1 aromatic heterocycles. The van der Waals surface area contributed by atoms with Crippen molar-refractivity contribution in [2.45, 2.75) is 5.92 Å². The molecule has 82 valence electrons. The number of rotatable bonds is 4. The third-order valence-corrected chi connectivity index (χ3v) is 2.27. The van der Waals surface area contributed by atoms with Crippen molar-refractivity contribution in [1.29, 1.82) is 0 Å². The number of alkyl halides is 3. The monoisotopic (exact) mass is 280 g/mol. The quantitative estimate of drug-likeness (QED) is 0.524. The number of carbonyl (C=O) groups is 1. The molecule has 1 heterocycles. The topological polar surface area (TPSA) is 50.4 Å². The summed E-state index contributed by atoms with van der Waals surface area (Å²) in [6, 6.07) is 2.82. The second kappa shape index (κ2) is 4.57. The van der Waals surface area contributed by atoms with Crippen LogP contribution < -0.4 is 0 Å². The molecule has 0 saturated heterocycles. The van der Waals surface area contributed by atoms with E-state index in [1.807, 2.05) is 0 Å². The van der Waals surface area contributed by atoms with E-state index < -0.39 is 22.8 Å². The molecule has 0 saturated carbocycles. The van der Waals surface area contributed by atoms with Crippen molar-refractivity contribution in [2.24, 2.45) is 0 Å². The van der Waals surface area contributed by atoms with Crippen LogP contribution in [-0.2, 0) is 4.79 Å². The second-order valence-electron chi connectivity index (χ2n) is 2.71. The molecule has 0 unspecified atom stereocenters. The molecule has 0 amide bonds. The number of ketones is 1. The van der Waals surface area contributed by atoms with Crippen LogP contribution in [0.25, 0.3) is 5.76 Å². The number of halogens is 3. The van der Waals surface area contributed by atoms with Gasteiger partial charge >= 0.3 is 5.92 Å². The molecule has 0 bridgehead atoms. The third kappa shape index (κ3) is 2.89. The van der Waals surface area contributed by atoms with Crippen LogP contribution in [-0.4, -0.2) is 22.1 Å². The SMILES string of the molecule is O=C(/C=C(\O)c1ccco1)C(F)(F)CBr. The zero-order chi connectivity index (χ0) is 11.5. The van der Waals surface area contributed by atoms with Crippen LogP contribution in [0.2, 0.25) is 0 Å². The van der Waals surface area contributed by atoms with Crippen molar-refractivity contribution in [2.75, 3.05) is 5.33 Å². The molecule has 1 N–H and O–H groups in total. The minimum Gasteiger partial charge on any atom is -0.504 e. The largest absolute Gasteiger partial charge is 0.504 e. The summed E-state index contributed by atoms with van der Waals surface area (Å²) in [5.41, 5.74) is 0. The Balaban J connectivity index is 2.85. The molecule has 0 atom stereocenters. The van der Waals surface area contributed by atoms with Crippen LogP contribution in [0.15, 0.2) is 28.9 Å². The molecular formula is C9H7BrF2O3. The Morgan fingerprint density at radius 2 is 2.33 bits per heavy atom. The van der Waals surface area contributed by atoms with Gasteiger partial charge in [0.15, 0.2) is 11.5 Å². The molecule has 0 radical (unpaired) electrons. The summed E-state index contributed by atoms with van der Waals surface area (Å²) < 4.78 is 30.2. The highest BCUT2D eigenvalue weighted by atomic mass is 79.9. The maximum atomic E-state index is 12.8. The van der Waals surface area contributed by atoms with Gasteiger partial charge in [0.1, 0.15) is 0 Å². The Labute approximate surface area is 92.5 Å². The Hall–Kier alpha value is -1.17. The first kappa shape index (κ1) is 11.9. The number of hydrogen-bond donors (Lipinski definition) is 1. The first-order chi connectivity index (χ1) is 6.97. The van der Waals surface area contributed by atoms with E-state index in [2.05, 4.69) is 15.9 Å². The van der Waals surface area contributed by atoms with Crippen LogP contribution in [0.1, 0.15) is 5.76 Å². The average Bonchev–Trinajstić information content (AvgIpc) is 2.70. The summed E-state index contributed by atoms with van der Waals surface area (Å²) in [6.45, 7) is 0. The Kier molecular flexibility index (Phi) is 3.62. The minimum atomic E-state index is -3.53. The summed E-state index contributed by atoms with van der Waals surface area (Å²) in [4.78, 5) is 10.9. The van der Waals surface area contributed by atoms with Crippen molar-refractivity contribution in [3.8, 4) is 0 Å². The number of hydrogen-bond acceptors (Lipinski definition) is 3. The lowest BCUT2D eigenvalue weighted by Gasteiger charge is -2.08. The number of aliphatic hydroxyl groups is 1. The first-order valence-electron chi connectivity index (χ1n) is 3.90. The predicted molar refractivity (Wildman–Crippen MR) is 53.1 cm³/mol. The van der Waals surface area contributed by atoms with Crippen molar-refractivity contribution in [3.05, 3.63) is 30.2 Å². The fourth-order valence-electron chi connectivity index (χ4n) is 0.791. The summed E-state index contributed by atoms with van der Waals surface area (Å²) in [6.07, 6.45) is 1.70. The van der Waals surface area contributed by atoms with E-state index >= 15 is 0 Å². The normalized spacial score (nSPS) is 12.9. The maximum absolute atomic E-state index is 12.8. The molecule has 3 nitrogen and oxygen atoms in total. The molecule has 1 aromatic rings. The number of furan rings is 1. The smallest absolute Gasteiger partial charge is 0.318 e.